The maximum Gasteiger partial charge on any atom is 0.341 e. The summed E-state index contributed by atoms with van der Waals surface area (Å²) >= 11 is 0. The minimum absolute atomic E-state index is 0.324. The van der Waals surface area contributed by atoms with Gasteiger partial charge >= 0.3 is 5.97 Å². The first-order valence-electron chi connectivity index (χ1n) is 7.17. The summed E-state index contributed by atoms with van der Waals surface area (Å²) in [4.78, 5) is 11.7. The van der Waals surface area contributed by atoms with Gasteiger partial charge in [-0.2, -0.15) is 5.10 Å². The van der Waals surface area contributed by atoms with E-state index in [9.17, 15) is 4.79 Å². The molecule has 2 aromatic rings. The molecule has 0 unspecified atom stereocenters. The number of nitrogen functional groups attached to an aromatic ring is 1. The van der Waals surface area contributed by atoms with Crippen LogP contribution in [0.2, 0.25) is 0 Å². The molecule has 120 valence electrons. The maximum atomic E-state index is 11.7. The van der Waals surface area contributed by atoms with E-state index >= 15 is 0 Å². The van der Waals surface area contributed by atoms with Crippen LogP contribution in [0.15, 0.2) is 24.5 Å². The number of carbonyl (C=O) groups excluding carboxylic acids is 1. The molecule has 2 rings (SSSR count). The molecule has 0 aliphatic carbocycles. The van der Waals surface area contributed by atoms with Crippen molar-refractivity contribution in [3.05, 3.63) is 41.2 Å². The summed E-state index contributed by atoms with van der Waals surface area (Å²) in [6.45, 7) is 4.31. The highest BCUT2D eigenvalue weighted by atomic mass is 16.5. The molecule has 0 aliphatic heterocycles. The van der Waals surface area contributed by atoms with Crippen LogP contribution in [0.4, 0.5) is 5.69 Å². The number of rotatable bonds is 4. The van der Waals surface area contributed by atoms with Crippen molar-refractivity contribution in [2.75, 3.05) is 26.1 Å². The number of ether oxygens (including phenoxy) is 2. The van der Waals surface area contributed by atoms with Crippen LogP contribution >= 0.6 is 0 Å². The second-order valence-corrected chi connectivity index (χ2v) is 4.85. The first-order chi connectivity index (χ1) is 11.1. The van der Waals surface area contributed by atoms with Crippen LogP contribution in [0.3, 0.4) is 0 Å². The predicted octanol–water partition coefficient (Wildman–Crippen LogP) is 1.94. The molecule has 0 saturated heterocycles. The van der Waals surface area contributed by atoms with Gasteiger partial charge in [0.25, 0.3) is 0 Å². The smallest absolute Gasteiger partial charge is 0.341 e. The molecule has 6 heteroatoms. The van der Waals surface area contributed by atoms with Crippen LogP contribution < -0.4 is 5.73 Å². The van der Waals surface area contributed by atoms with E-state index in [1.54, 1.807) is 24.9 Å². The molecule has 0 atom stereocenters. The van der Waals surface area contributed by atoms with Gasteiger partial charge < -0.3 is 15.2 Å². The van der Waals surface area contributed by atoms with Crippen molar-refractivity contribution in [3.63, 3.8) is 0 Å². The highest BCUT2D eigenvalue weighted by Gasteiger charge is 2.11. The fraction of sp³-hybridized carbons (Fsp3) is 0.294. The third kappa shape index (κ3) is 3.90. The van der Waals surface area contributed by atoms with Crippen LogP contribution in [0.1, 0.15) is 28.4 Å². The van der Waals surface area contributed by atoms with Gasteiger partial charge in [0, 0.05) is 18.9 Å². The Morgan fingerprint density at radius 1 is 1.43 bits per heavy atom. The van der Waals surface area contributed by atoms with Crippen molar-refractivity contribution >= 4 is 11.7 Å². The van der Waals surface area contributed by atoms with Gasteiger partial charge in [0.2, 0.25) is 0 Å². The number of aryl methyl sites for hydroxylation is 1. The summed E-state index contributed by atoms with van der Waals surface area (Å²) in [5.74, 6) is 5.47. The van der Waals surface area contributed by atoms with Crippen LogP contribution in [0, 0.1) is 18.8 Å². The van der Waals surface area contributed by atoms with Crippen molar-refractivity contribution in [3.8, 4) is 17.5 Å². The third-order valence-electron chi connectivity index (χ3n) is 3.17. The number of anilines is 1. The van der Waals surface area contributed by atoms with Gasteiger partial charge in [0.05, 0.1) is 29.7 Å². The fourth-order valence-electron chi connectivity index (χ4n) is 2.00. The average Bonchev–Trinajstić information content (AvgIpc) is 3.02. The molecule has 0 fully saturated rings. The molecule has 23 heavy (non-hydrogen) atoms. The zero-order valence-electron chi connectivity index (χ0n) is 13.4. The molecule has 0 amide bonds. The maximum absolute atomic E-state index is 11.7. The highest BCUT2D eigenvalue weighted by molar-refractivity contribution is 5.88. The van der Waals surface area contributed by atoms with Crippen molar-refractivity contribution in [2.45, 2.75) is 13.8 Å². The lowest BCUT2D eigenvalue weighted by molar-refractivity contribution is 0.0526. The largest absolute Gasteiger partial charge is 0.462 e. The molecule has 0 aliphatic rings. The second kappa shape index (κ2) is 7.47. The van der Waals surface area contributed by atoms with Crippen LogP contribution in [0.5, 0.6) is 0 Å². The molecule has 6 nitrogen and oxygen atoms in total. The molecular weight excluding hydrogens is 294 g/mol. The Bertz CT molecular complexity index is 769. The standard InChI is InChI=1S/C17H19N3O3/c1-4-23-17(21)14-10-19-20(11-14)15-8-12(2)16(18)13(9-15)6-5-7-22-3/h8-11H,4,7,18H2,1-3H3. The molecule has 1 aromatic heterocycles. The lowest BCUT2D eigenvalue weighted by atomic mass is 10.1. The van der Waals surface area contributed by atoms with Gasteiger partial charge in [0.1, 0.15) is 6.61 Å². The Labute approximate surface area is 135 Å². The van der Waals surface area contributed by atoms with Crippen molar-refractivity contribution in [1.29, 1.82) is 0 Å². The quantitative estimate of drug-likeness (QED) is 0.530. The van der Waals surface area contributed by atoms with Gasteiger partial charge in [-0.1, -0.05) is 11.8 Å². The number of nitrogens with two attached hydrogens (primary N) is 1. The van der Waals surface area contributed by atoms with E-state index in [1.165, 1.54) is 6.20 Å². The van der Waals surface area contributed by atoms with Crippen molar-refractivity contribution in [2.24, 2.45) is 0 Å². The Hall–Kier alpha value is -2.78. The van der Waals surface area contributed by atoms with Gasteiger partial charge in [-0.25, -0.2) is 9.48 Å². The SMILES string of the molecule is CCOC(=O)c1cnn(-c2cc(C)c(N)c(C#CCOC)c2)c1. The number of hydrogen-bond donors (Lipinski definition) is 1. The third-order valence-corrected chi connectivity index (χ3v) is 3.17. The Morgan fingerprint density at radius 3 is 2.91 bits per heavy atom. The van der Waals surface area contributed by atoms with E-state index in [0.717, 1.165) is 11.3 Å². The number of methoxy groups -OCH3 is 1. The lowest BCUT2D eigenvalue weighted by Gasteiger charge is -2.08. The van der Waals surface area contributed by atoms with Crippen molar-refractivity contribution < 1.29 is 14.3 Å². The number of carbonyl (C=O) groups is 1. The molecule has 0 bridgehead atoms. The minimum Gasteiger partial charge on any atom is -0.462 e. The topological polar surface area (TPSA) is 79.4 Å². The minimum atomic E-state index is -0.397. The molecule has 2 N–H and O–H groups in total. The van der Waals surface area contributed by atoms with Crippen molar-refractivity contribution in [1.82, 2.24) is 9.78 Å². The number of nitrogens with zero attached hydrogens (tertiary/aromatic N) is 2. The molecule has 1 aromatic carbocycles. The Balaban J connectivity index is 2.37. The van der Waals surface area contributed by atoms with E-state index in [-0.39, 0.29) is 0 Å². The normalized spacial score (nSPS) is 10.0. The Morgan fingerprint density at radius 2 is 2.22 bits per heavy atom. The summed E-state index contributed by atoms with van der Waals surface area (Å²) in [6, 6.07) is 3.71. The molecule has 0 radical (unpaired) electrons. The van der Waals surface area contributed by atoms with Gasteiger partial charge in [-0.3, -0.25) is 0 Å². The average molecular weight is 313 g/mol. The predicted molar refractivity (Wildman–Crippen MR) is 87.4 cm³/mol. The summed E-state index contributed by atoms with van der Waals surface area (Å²) < 4.78 is 11.5. The monoisotopic (exact) mass is 313 g/mol. The fourth-order valence-corrected chi connectivity index (χ4v) is 2.00. The van der Waals surface area contributed by atoms with Crippen LogP contribution in [-0.2, 0) is 9.47 Å². The number of esters is 1. The van der Waals surface area contributed by atoms with Gasteiger partial charge in [0.15, 0.2) is 0 Å². The first kappa shape index (κ1) is 16.6. The molecule has 0 spiro atoms. The zero-order valence-corrected chi connectivity index (χ0v) is 13.4. The summed E-state index contributed by atoms with van der Waals surface area (Å²) in [5, 5.41) is 4.20. The summed E-state index contributed by atoms with van der Waals surface area (Å²) in [7, 11) is 1.58. The lowest BCUT2D eigenvalue weighted by Crippen LogP contribution is -2.03. The molecule has 1 heterocycles. The number of hydrogen-bond acceptors (Lipinski definition) is 5. The summed E-state index contributed by atoms with van der Waals surface area (Å²) in [5.41, 5.74) is 9.43. The summed E-state index contributed by atoms with van der Waals surface area (Å²) in [6.07, 6.45) is 3.09. The van der Waals surface area contributed by atoms with E-state index in [1.807, 2.05) is 19.1 Å². The molecule has 0 saturated carbocycles. The highest BCUT2D eigenvalue weighted by Crippen LogP contribution is 2.21. The first-order valence-corrected chi connectivity index (χ1v) is 7.17. The van der Waals surface area contributed by atoms with E-state index in [4.69, 9.17) is 15.2 Å². The van der Waals surface area contributed by atoms with Crippen LogP contribution in [-0.4, -0.2) is 36.1 Å². The number of benzene rings is 1. The Kier molecular flexibility index (Phi) is 5.39. The number of aromatic nitrogens is 2. The van der Waals surface area contributed by atoms with Crippen LogP contribution in [0.25, 0.3) is 5.69 Å². The van der Waals surface area contributed by atoms with E-state index in [2.05, 4.69) is 16.9 Å². The van der Waals surface area contributed by atoms with Gasteiger partial charge in [-0.05, 0) is 31.5 Å². The zero-order chi connectivity index (χ0) is 16.8. The van der Waals surface area contributed by atoms with Gasteiger partial charge in [-0.15, -0.1) is 0 Å². The molecular formula is C17H19N3O3. The van der Waals surface area contributed by atoms with E-state index in [0.29, 0.717) is 30.0 Å². The second-order valence-electron chi connectivity index (χ2n) is 4.85. The van der Waals surface area contributed by atoms with E-state index < -0.39 is 5.97 Å².